The Hall–Kier alpha value is -3.58. The molecule has 32 heavy (non-hydrogen) atoms. The second-order valence-corrected chi connectivity index (χ2v) is 8.27. The number of nitrogens with zero attached hydrogens (tertiary/aromatic N) is 2. The van der Waals surface area contributed by atoms with Gasteiger partial charge in [-0.2, -0.15) is 0 Å². The molecule has 5 nitrogen and oxygen atoms in total. The number of rotatable bonds is 3. The number of halogens is 1. The van der Waals surface area contributed by atoms with Gasteiger partial charge in [0.2, 0.25) is 0 Å². The van der Waals surface area contributed by atoms with Gasteiger partial charge in [0.15, 0.2) is 5.11 Å². The van der Waals surface area contributed by atoms with E-state index in [-0.39, 0.29) is 16.5 Å². The quantitative estimate of drug-likeness (QED) is 0.360. The summed E-state index contributed by atoms with van der Waals surface area (Å²) in [4.78, 5) is 27.4. The van der Waals surface area contributed by atoms with Gasteiger partial charge in [0, 0.05) is 17.1 Å². The molecule has 0 saturated carbocycles. The molecule has 0 bridgehead atoms. The van der Waals surface area contributed by atoms with Crippen LogP contribution < -0.4 is 10.2 Å². The monoisotopic (exact) mass is 447 g/mol. The van der Waals surface area contributed by atoms with Crippen LogP contribution >= 0.6 is 12.2 Å². The molecule has 0 aliphatic carbocycles. The maximum Gasteiger partial charge on any atom is 0.270 e. The Bertz CT molecular complexity index is 1310. The van der Waals surface area contributed by atoms with Crippen LogP contribution in [0.25, 0.3) is 11.8 Å². The molecule has 3 aromatic rings. The molecule has 2 amide bonds. The van der Waals surface area contributed by atoms with Gasteiger partial charge < -0.3 is 4.57 Å². The van der Waals surface area contributed by atoms with Crippen LogP contribution in [0.2, 0.25) is 0 Å². The fraction of sp³-hybridized carbons (Fsp3) is 0.160. The molecule has 0 radical (unpaired) electrons. The molecule has 1 aromatic heterocycles. The molecular formula is C25H22FN3O2S. The highest BCUT2D eigenvalue weighted by Gasteiger charge is 2.35. The van der Waals surface area contributed by atoms with Crippen molar-refractivity contribution in [3.8, 4) is 5.69 Å². The van der Waals surface area contributed by atoms with Gasteiger partial charge in [-0.1, -0.05) is 17.7 Å². The molecule has 1 N–H and O–H groups in total. The van der Waals surface area contributed by atoms with Crippen molar-refractivity contribution in [1.29, 1.82) is 0 Å². The Balaban J connectivity index is 1.77. The summed E-state index contributed by atoms with van der Waals surface area (Å²) in [6.07, 6.45) is 1.58. The maximum absolute atomic E-state index is 13.4. The zero-order valence-electron chi connectivity index (χ0n) is 18.2. The van der Waals surface area contributed by atoms with E-state index in [9.17, 15) is 14.0 Å². The first-order valence-corrected chi connectivity index (χ1v) is 10.5. The van der Waals surface area contributed by atoms with Crippen LogP contribution in [0.15, 0.2) is 54.1 Å². The summed E-state index contributed by atoms with van der Waals surface area (Å²) < 4.78 is 15.3. The third kappa shape index (κ3) is 3.76. The molecule has 1 aliphatic heterocycles. The topological polar surface area (TPSA) is 54.3 Å². The number of benzene rings is 2. The number of nitrogens with one attached hydrogen (secondary N) is 1. The van der Waals surface area contributed by atoms with E-state index in [4.69, 9.17) is 12.2 Å². The fourth-order valence-corrected chi connectivity index (χ4v) is 4.28. The average Bonchev–Trinajstić information content (AvgIpc) is 3.00. The van der Waals surface area contributed by atoms with Crippen LogP contribution in [-0.4, -0.2) is 21.5 Å². The van der Waals surface area contributed by atoms with Crippen molar-refractivity contribution < 1.29 is 14.0 Å². The van der Waals surface area contributed by atoms with E-state index in [1.54, 1.807) is 18.2 Å². The van der Waals surface area contributed by atoms with Gasteiger partial charge in [-0.05, 0) is 93.5 Å². The molecule has 162 valence electrons. The summed E-state index contributed by atoms with van der Waals surface area (Å²) >= 11 is 5.31. The van der Waals surface area contributed by atoms with Gasteiger partial charge >= 0.3 is 0 Å². The number of aromatic nitrogens is 1. The van der Waals surface area contributed by atoms with Crippen molar-refractivity contribution in [2.24, 2.45) is 0 Å². The van der Waals surface area contributed by atoms with E-state index in [2.05, 4.69) is 5.32 Å². The second-order valence-electron chi connectivity index (χ2n) is 7.89. The van der Waals surface area contributed by atoms with Crippen LogP contribution in [0.4, 0.5) is 10.1 Å². The van der Waals surface area contributed by atoms with Crippen molar-refractivity contribution in [2.75, 3.05) is 4.90 Å². The Morgan fingerprint density at radius 3 is 2.31 bits per heavy atom. The molecule has 4 rings (SSSR count). The van der Waals surface area contributed by atoms with Crippen LogP contribution in [-0.2, 0) is 9.59 Å². The molecule has 0 atom stereocenters. The summed E-state index contributed by atoms with van der Waals surface area (Å²) in [5.74, 6) is -1.32. The lowest BCUT2D eigenvalue weighted by atomic mass is 10.0. The third-order valence-electron chi connectivity index (χ3n) is 5.55. The smallest absolute Gasteiger partial charge is 0.270 e. The molecule has 1 saturated heterocycles. The number of amides is 2. The minimum atomic E-state index is -0.535. The third-order valence-corrected chi connectivity index (χ3v) is 5.83. The minimum Gasteiger partial charge on any atom is -0.318 e. The molecule has 7 heteroatoms. The first-order chi connectivity index (χ1) is 15.2. The highest BCUT2D eigenvalue weighted by Crippen LogP contribution is 2.28. The molecule has 2 aromatic carbocycles. The zero-order valence-corrected chi connectivity index (χ0v) is 19.0. The van der Waals surface area contributed by atoms with Gasteiger partial charge in [0.1, 0.15) is 11.4 Å². The predicted octanol–water partition coefficient (Wildman–Crippen LogP) is 4.68. The minimum absolute atomic E-state index is 0.00192. The van der Waals surface area contributed by atoms with Gasteiger partial charge in [-0.3, -0.25) is 19.8 Å². The number of carbonyl (C=O) groups is 2. The summed E-state index contributed by atoms with van der Waals surface area (Å²) in [5, 5.41) is 2.69. The van der Waals surface area contributed by atoms with Gasteiger partial charge in [-0.15, -0.1) is 0 Å². The molecule has 0 unspecified atom stereocenters. The standard InChI is InChI=1S/C25H22FN3O2S/c1-14-5-10-22(15(2)11-14)29-24(31)21(23(30)27-25(29)32)13-18-12-16(3)28(17(18)4)20-8-6-19(26)7-9-20/h5-13H,1-4H3,(H,27,30,32)/b21-13+. The normalized spacial score (nSPS) is 15.5. The van der Waals surface area contributed by atoms with E-state index in [0.29, 0.717) is 5.69 Å². The highest BCUT2D eigenvalue weighted by atomic mass is 32.1. The van der Waals surface area contributed by atoms with Crippen LogP contribution in [0, 0.1) is 33.5 Å². The number of aryl methyl sites for hydroxylation is 3. The van der Waals surface area contributed by atoms with Gasteiger partial charge in [0.25, 0.3) is 11.8 Å². The summed E-state index contributed by atoms with van der Waals surface area (Å²) in [6.45, 7) is 7.67. The zero-order chi connectivity index (χ0) is 23.2. The lowest BCUT2D eigenvalue weighted by molar-refractivity contribution is -0.122. The SMILES string of the molecule is Cc1ccc(N2C(=O)/C(=C/c3cc(C)n(-c4ccc(F)cc4)c3C)C(=O)NC2=S)c(C)c1. The number of anilines is 1. The second kappa shape index (κ2) is 8.16. The number of thiocarbonyl (C=S) groups is 1. The van der Waals surface area contributed by atoms with Gasteiger partial charge in [-0.25, -0.2) is 4.39 Å². The van der Waals surface area contributed by atoms with Crippen LogP contribution in [0.1, 0.15) is 28.1 Å². The summed E-state index contributed by atoms with van der Waals surface area (Å²) in [7, 11) is 0. The van der Waals surface area contributed by atoms with Gasteiger partial charge in [0.05, 0.1) is 5.69 Å². The lowest BCUT2D eigenvalue weighted by Gasteiger charge is -2.30. The van der Waals surface area contributed by atoms with Crippen molar-refractivity contribution in [1.82, 2.24) is 9.88 Å². The Morgan fingerprint density at radius 1 is 0.969 bits per heavy atom. The Morgan fingerprint density at radius 2 is 1.66 bits per heavy atom. The van der Waals surface area contributed by atoms with Crippen LogP contribution in [0.5, 0.6) is 0 Å². The lowest BCUT2D eigenvalue weighted by Crippen LogP contribution is -2.54. The van der Waals surface area contributed by atoms with E-state index >= 15 is 0 Å². The number of hydrogen-bond donors (Lipinski definition) is 1. The highest BCUT2D eigenvalue weighted by molar-refractivity contribution is 7.80. The van der Waals surface area contributed by atoms with Crippen molar-refractivity contribution in [3.05, 3.63) is 88.0 Å². The van der Waals surface area contributed by atoms with Crippen molar-refractivity contribution >= 4 is 40.9 Å². The molecule has 1 aliphatic rings. The molecule has 0 spiro atoms. The largest absolute Gasteiger partial charge is 0.318 e. The summed E-state index contributed by atoms with van der Waals surface area (Å²) in [6, 6.07) is 13.7. The fourth-order valence-electron chi connectivity index (χ4n) is 4.01. The number of carbonyl (C=O) groups excluding carboxylic acids is 2. The Labute approximate surface area is 191 Å². The molecule has 2 heterocycles. The van der Waals surface area contributed by atoms with E-state index in [1.165, 1.54) is 17.0 Å². The predicted molar refractivity (Wildman–Crippen MR) is 127 cm³/mol. The summed E-state index contributed by atoms with van der Waals surface area (Å²) in [5.41, 5.74) is 5.81. The first-order valence-electron chi connectivity index (χ1n) is 10.1. The maximum atomic E-state index is 13.4. The first kappa shape index (κ1) is 21.6. The van der Waals surface area contributed by atoms with Crippen LogP contribution in [0.3, 0.4) is 0 Å². The Kier molecular flexibility index (Phi) is 5.52. The van der Waals surface area contributed by atoms with Crippen molar-refractivity contribution in [3.63, 3.8) is 0 Å². The van der Waals surface area contributed by atoms with E-state index in [0.717, 1.165) is 33.8 Å². The molecule has 1 fully saturated rings. The van der Waals surface area contributed by atoms with E-state index in [1.807, 2.05) is 56.5 Å². The molecular weight excluding hydrogens is 425 g/mol. The average molecular weight is 448 g/mol. The number of hydrogen-bond acceptors (Lipinski definition) is 3. The van der Waals surface area contributed by atoms with E-state index < -0.39 is 11.8 Å². The van der Waals surface area contributed by atoms with Crippen molar-refractivity contribution in [2.45, 2.75) is 27.7 Å².